The summed E-state index contributed by atoms with van der Waals surface area (Å²) in [5.41, 5.74) is 0.996. The van der Waals surface area contributed by atoms with Gasteiger partial charge in [-0.05, 0) is 50.2 Å². The topological polar surface area (TPSA) is 93.7 Å². The lowest BCUT2D eigenvalue weighted by Gasteiger charge is -2.14. The summed E-state index contributed by atoms with van der Waals surface area (Å²) in [6.07, 6.45) is -0.986. The van der Waals surface area contributed by atoms with Crippen LogP contribution in [-0.2, 0) is 14.3 Å². The average Bonchev–Trinajstić information content (AvgIpc) is 2.67. The maximum absolute atomic E-state index is 12.0. The first kappa shape index (κ1) is 20.0. The van der Waals surface area contributed by atoms with Crippen LogP contribution in [0.3, 0.4) is 0 Å². The van der Waals surface area contributed by atoms with Gasteiger partial charge in [-0.2, -0.15) is 0 Å². The summed E-state index contributed by atoms with van der Waals surface area (Å²) in [6, 6.07) is 15.4. The number of rotatable bonds is 8. The summed E-state index contributed by atoms with van der Waals surface area (Å²) in [7, 11) is 0. The van der Waals surface area contributed by atoms with Gasteiger partial charge in [0.15, 0.2) is 6.10 Å². The van der Waals surface area contributed by atoms with Crippen LogP contribution < -0.4 is 15.4 Å². The molecule has 0 radical (unpaired) electrons. The molecule has 0 fully saturated rings. The Kier molecular flexibility index (Phi) is 7.37. The van der Waals surface area contributed by atoms with E-state index in [-0.39, 0.29) is 6.54 Å². The molecule has 2 aromatic carbocycles. The molecule has 0 heterocycles. The van der Waals surface area contributed by atoms with Crippen molar-refractivity contribution in [3.05, 3.63) is 60.2 Å². The lowest BCUT2D eigenvalue weighted by Crippen LogP contribution is -2.35. The number of amides is 2. The van der Waals surface area contributed by atoms with Gasteiger partial charge >= 0.3 is 5.97 Å². The fourth-order valence-corrected chi connectivity index (χ4v) is 2.18. The molecule has 0 aliphatic heterocycles. The Morgan fingerprint density at radius 1 is 1.00 bits per heavy atom. The van der Waals surface area contributed by atoms with Crippen LogP contribution in [0.25, 0.3) is 0 Å². The van der Waals surface area contributed by atoms with Crippen LogP contribution in [0.5, 0.6) is 5.75 Å². The number of benzene rings is 2. The molecule has 1 atom stereocenters. The molecule has 0 spiro atoms. The Morgan fingerprint density at radius 2 is 1.67 bits per heavy atom. The minimum atomic E-state index is -0.986. The van der Waals surface area contributed by atoms with Crippen molar-refractivity contribution >= 4 is 23.5 Å². The van der Waals surface area contributed by atoms with Crippen molar-refractivity contribution in [3.63, 3.8) is 0 Å². The molecular formula is C20H22N2O5. The number of nitrogens with one attached hydrogen (secondary N) is 2. The van der Waals surface area contributed by atoms with E-state index in [0.717, 1.165) is 0 Å². The second kappa shape index (κ2) is 9.96. The molecular weight excluding hydrogens is 348 g/mol. The predicted octanol–water partition coefficient (Wildman–Crippen LogP) is 2.39. The van der Waals surface area contributed by atoms with Crippen LogP contribution in [0, 0.1) is 0 Å². The Hall–Kier alpha value is -3.35. The number of para-hydroxylation sites is 1. The van der Waals surface area contributed by atoms with Crippen molar-refractivity contribution in [3.8, 4) is 5.75 Å². The molecule has 142 valence electrons. The predicted molar refractivity (Wildman–Crippen MR) is 101 cm³/mol. The van der Waals surface area contributed by atoms with E-state index in [2.05, 4.69) is 10.6 Å². The van der Waals surface area contributed by atoms with Gasteiger partial charge in [-0.15, -0.1) is 0 Å². The van der Waals surface area contributed by atoms with E-state index in [0.29, 0.717) is 23.6 Å². The largest absolute Gasteiger partial charge is 0.494 e. The molecule has 27 heavy (non-hydrogen) atoms. The fraction of sp³-hybridized carbons (Fsp3) is 0.250. The Bertz CT molecular complexity index is 775. The zero-order valence-electron chi connectivity index (χ0n) is 15.2. The van der Waals surface area contributed by atoms with Gasteiger partial charge in [0, 0.05) is 11.3 Å². The van der Waals surface area contributed by atoms with Crippen LogP contribution in [-0.4, -0.2) is 37.0 Å². The van der Waals surface area contributed by atoms with Gasteiger partial charge in [0.1, 0.15) is 12.3 Å². The van der Waals surface area contributed by atoms with Crippen molar-refractivity contribution in [2.45, 2.75) is 20.0 Å². The molecule has 0 unspecified atom stereocenters. The standard InChI is InChI=1S/C20H22N2O5/c1-3-26-17-11-9-15(10-12-17)20(25)21-13-18(23)27-14(2)19(24)22-16-7-5-4-6-8-16/h4-12,14H,3,13H2,1-2H3,(H,21,25)(H,22,24)/t14-/m0/s1. The summed E-state index contributed by atoms with van der Waals surface area (Å²) in [5, 5.41) is 5.10. The molecule has 0 aromatic heterocycles. The van der Waals surface area contributed by atoms with Gasteiger partial charge in [-0.1, -0.05) is 18.2 Å². The third-order valence-electron chi connectivity index (χ3n) is 3.54. The normalized spacial score (nSPS) is 11.2. The highest BCUT2D eigenvalue weighted by atomic mass is 16.5. The molecule has 7 nitrogen and oxygen atoms in total. The molecule has 0 aliphatic rings. The first-order valence-corrected chi connectivity index (χ1v) is 8.56. The van der Waals surface area contributed by atoms with Crippen LogP contribution in [0.2, 0.25) is 0 Å². The summed E-state index contributed by atoms with van der Waals surface area (Å²) >= 11 is 0. The summed E-state index contributed by atoms with van der Waals surface area (Å²) in [6.45, 7) is 3.53. The van der Waals surface area contributed by atoms with E-state index in [1.54, 1.807) is 48.5 Å². The van der Waals surface area contributed by atoms with Crippen molar-refractivity contribution in [1.82, 2.24) is 5.32 Å². The number of carbonyl (C=O) groups excluding carboxylic acids is 3. The SMILES string of the molecule is CCOc1ccc(C(=O)NCC(=O)O[C@@H](C)C(=O)Nc2ccccc2)cc1. The highest BCUT2D eigenvalue weighted by molar-refractivity contribution is 5.97. The number of anilines is 1. The van der Waals surface area contributed by atoms with E-state index >= 15 is 0 Å². The smallest absolute Gasteiger partial charge is 0.326 e. The minimum absolute atomic E-state index is 0.338. The van der Waals surface area contributed by atoms with Crippen molar-refractivity contribution in [1.29, 1.82) is 0 Å². The first-order valence-electron chi connectivity index (χ1n) is 8.56. The van der Waals surface area contributed by atoms with Crippen molar-refractivity contribution in [2.75, 3.05) is 18.5 Å². The molecule has 2 rings (SSSR count). The monoisotopic (exact) mass is 370 g/mol. The van der Waals surface area contributed by atoms with E-state index in [9.17, 15) is 14.4 Å². The van der Waals surface area contributed by atoms with Gasteiger partial charge in [0.25, 0.3) is 11.8 Å². The zero-order chi connectivity index (χ0) is 19.6. The van der Waals surface area contributed by atoms with Crippen LogP contribution in [0.15, 0.2) is 54.6 Å². The number of carbonyl (C=O) groups is 3. The third kappa shape index (κ3) is 6.47. The summed E-state index contributed by atoms with van der Waals surface area (Å²) in [4.78, 5) is 35.9. The van der Waals surface area contributed by atoms with Crippen LogP contribution >= 0.6 is 0 Å². The van der Waals surface area contributed by atoms with Gasteiger partial charge < -0.3 is 20.1 Å². The highest BCUT2D eigenvalue weighted by Crippen LogP contribution is 2.12. The van der Waals surface area contributed by atoms with Crippen LogP contribution in [0.4, 0.5) is 5.69 Å². The number of esters is 1. The minimum Gasteiger partial charge on any atom is -0.494 e. The van der Waals surface area contributed by atoms with Crippen molar-refractivity contribution in [2.24, 2.45) is 0 Å². The van der Waals surface area contributed by atoms with Gasteiger partial charge in [-0.3, -0.25) is 14.4 Å². The Labute approximate surface area is 157 Å². The second-order valence-corrected chi connectivity index (χ2v) is 5.63. The molecule has 2 amide bonds. The van der Waals surface area contributed by atoms with Crippen LogP contribution in [0.1, 0.15) is 24.2 Å². The molecule has 2 aromatic rings. The van der Waals surface area contributed by atoms with Gasteiger partial charge in [0.05, 0.1) is 6.61 Å². The van der Waals surface area contributed by atoms with Gasteiger partial charge in [0.2, 0.25) is 0 Å². The third-order valence-corrected chi connectivity index (χ3v) is 3.54. The maximum atomic E-state index is 12.0. The lowest BCUT2D eigenvalue weighted by atomic mass is 10.2. The Morgan fingerprint density at radius 3 is 2.30 bits per heavy atom. The maximum Gasteiger partial charge on any atom is 0.326 e. The molecule has 0 saturated carbocycles. The van der Waals surface area contributed by atoms with Crippen molar-refractivity contribution < 1.29 is 23.9 Å². The quantitative estimate of drug-likeness (QED) is 0.696. The van der Waals surface area contributed by atoms with E-state index < -0.39 is 23.9 Å². The zero-order valence-corrected chi connectivity index (χ0v) is 15.2. The summed E-state index contributed by atoms with van der Waals surface area (Å²) in [5.74, 6) is -0.916. The first-order chi connectivity index (χ1) is 13.0. The second-order valence-electron chi connectivity index (χ2n) is 5.63. The fourth-order valence-electron chi connectivity index (χ4n) is 2.18. The number of hydrogen-bond acceptors (Lipinski definition) is 5. The molecule has 7 heteroatoms. The van der Waals surface area contributed by atoms with E-state index in [1.807, 2.05) is 13.0 Å². The van der Waals surface area contributed by atoms with E-state index in [4.69, 9.17) is 9.47 Å². The highest BCUT2D eigenvalue weighted by Gasteiger charge is 2.18. The molecule has 0 saturated heterocycles. The van der Waals surface area contributed by atoms with Gasteiger partial charge in [-0.25, -0.2) is 0 Å². The number of ether oxygens (including phenoxy) is 2. The lowest BCUT2D eigenvalue weighted by molar-refractivity contribution is -0.152. The molecule has 0 aliphatic carbocycles. The number of hydrogen-bond donors (Lipinski definition) is 2. The van der Waals surface area contributed by atoms with E-state index in [1.165, 1.54) is 6.92 Å². The summed E-state index contributed by atoms with van der Waals surface area (Å²) < 4.78 is 10.3. The molecule has 2 N–H and O–H groups in total. The molecule has 0 bridgehead atoms. The average molecular weight is 370 g/mol. The Balaban J connectivity index is 1.77.